The van der Waals surface area contributed by atoms with Gasteiger partial charge in [0.1, 0.15) is 23.7 Å². The summed E-state index contributed by atoms with van der Waals surface area (Å²) in [5, 5.41) is 25.7. The highest BCUT2D eigenvalue weighted by molar-refractivity contribution is 7.92. The van der Waals surface area contributed by atoms with Crippen LogP contribution in [0.25, 0.3) is 0 Å². The highest BCUT2D eigenvalue weighted by atomic mass is 32.2. The standard InChI is InChI=1S/C28H34F3N3O10S/c1-27(2)41-12-22(43-27)20(35)10-32-25(37)14-5-15(26(38)33-11-21(36)23-13-42-28(3,4)44-23)7-17(6-14)45(39,40)34-24-18(30)8-16(29)9-19(24)31/h5-9,20-23,34-36H,10-13H2,1-4H3,(H,32,37)(H,33,38). The van der Waals surface area contributed by atoms with Gasteiger partial charge in [0.2, 0.25) is 0 Å². The second-order valence-electron chi connectivity index (χ2n) is 11.4. The van der Waals surface area contributed by atoms with Gasteiger partial charge in [0.15, 0.2) is 23.2 Å². The van der Waals surface area contributed by atoms with Crippen LogP contribution in [0.15, 0.2) is 35.2 Å². The zero-order valence-electron chi connectivity index (χ0n) is 24.7. The number of rotatable bonds is 11. The van der Waals surface area contributed by atoms with Gasteiger partial charge in [0, 0.05) is 36.3 Å². The minimum absolute atomic E-state index is 0.0473. The maximum Gasteiger partial charge on any atom is 0.262 e. The zero-order valence-corrected chi connectivity index (χ0v) is 25.5. The Bertz CT molecular complexity index is 1470. The predicted octanol–water partition coefficient (Wildman–Crippen LogP) is 1.39. The number of sulfonamides is 1. The van der Waals surface area contributed by atoms with Gasteiger partial charge in [-0.15, -0.1) is 0 Å². The topological polar surface area (TPSA) is 182 Å². The average molecular weight is 662 g/mol. The van der Waals surface area contributed by atoms with Gasteiger partial charge in [-0.3, -0.25) is 14.3 Å². The minimum atomic E-state index is -4.88. The molecule has 0 bridgehead atoms. The number of carbonyl (C=O) groups excluding carboxylic acids is 2. The number of carbonyl (C=O) groups is 2. The summed E-state index contributed by atoms with van der Waals surface area (Å²) in [4.78, 5) is 25.4. The van der Waals surface area contributed by atoms with Crippen LogP contribution in [-0.2, 0) is 29.0 Å². The number of halogens is 3. The first-order valence-electron chi connectivity index (χ1n) is 13.7. The molecule has 248 valence electrons. The van der Waals surface area contributed by atoms with E-state index in [-0.39, 0.29) is 49.6 Å². The summed E-state index contributed by atoms with van der Waals surface area (Å²) in [5.74, 6) is -8.11. The quantitative estimate of drug-likeness (QED) is 0.236. The lowest BCUT2D eigenvalue weighted by molar-refractivity contribution is -0.150. The third-order valence-corrected chi connectivity index (χ3v) is 8.18. The Hall–Kier alpha value is -3.32. The van der Waals surface area contributed by atoms with Gasteiger partial charge in [-0.25, -0.2) is 21.6 Å². The number of nitrogens with one attached hydrogen (secondary N) is 3. The number of ether oxygens (including phenoxy) is 4. The maximum absolute atomic E-state index is 14.3. The van der Waals surface area contributed by atoms with Crippen molar-refractivity contribution in [2.45, 2.75) is 68.6 Å². The molecule has 0 saturated carbocycles. The first-order valence-corrected chi connectivity index (χ1v) is 15.2. The molecule has 13 nitrogen and oxygen atoms in total. The molecule has 2 aliphatic heterocycles. The number of aliphatic hydroxyl groups excluding tert-OH is 2. The Morgan fingerprint density at radius 2 is 1.24 bits per heavy atom. The van der Waals surface area contributed by atoms with E-state index < -0.39 is 85.9 Å². The lowest BCUT2D eigenvalue weighted by Crippen LogP contribution is -2.41. The Morgan fingerprint density at radius 3 is 1.62 bits per heavy atom. The van der Waals surface area contributed by atoms with Gasteiger partial charge in [-0.1, -0.05) is 0 Å². The minimum Gasteiger partial charge on any atom is -0.388 e. The van der Waals surface area contributed by atoms with Crippen molar-refractivity contribution in [3.05, 3.63) is 58.9 Å². The fourth-order valence-electron chi connectivity index (χ4n) is 4.52. The lowest BCUT2D eigenvalue weighted by Gasteiger charge is -2.21. The SMILES string of the molecule is CC1(C)OCC(C(O)CNC(=O)c2cc(C(=O)NCC(O)C3COC(C)(C)O3)cc(S(=O)(=O)Nc3c(F)cc(F)cc3F)c2)O1. The van der Waals surface area contributed by atoms with Crippen LogP contribution in [0.4, 0.5) is 18.9 Å². The molecule has 2 aromatic rings. The summed E-state index contributed by atoms with van der Waals surface area (Å²) in [6, 6.07) is 3.23. The predicted molar refractivity (Wildman–Crippen MR) is 150 cm³/mol. The largest absolute Gasteiger partial charge is 0.388 e. The summed E-state index contributed by atoms with van der Waals surface area (Å²) < 4.78 is 91.9. The highest BCUT2D eigenvalue weighted by Gasteiger charge is 2.38. The molecule has 2 aromatic carbocycles. The molecule has 0 aromatic heterocycles. The molecule has 0 aliphatic carbocycles. The Kier molecular flexibility index (Phi) is 10.1. The summed E-state index contributed by atoms with van der Waals surface area (Å²) >= 11 is 0. The van der Waals surface area contributed by atoms with Crippen LogP contribution >= 0.6 is 0 Å². The third kappa shape index (κ3) is 8.69. The Balaban J connectivity index is 1.57. The van der Waals surface area contributed by atoms with Crippen LogP contribution in [0.5, 0.6) is 0 Å². The van der Waals surface area contributed by atoms with Gasteiger partial charge < -0.3 is 39.8 Å². The zero-order chi connectivity index (χ0) is 33.3. The molecule has 2 fully saturated rings. The Labute approximate surface area is 257 Å². The molecular weight excluding hydrogens is 627 g/mol. The van der Waals surface area contributed by atoms with E-state index >= 15 is 0 Å². The van der Waals surface area contributed by atoms with Crippen molar-refractivity contribution >= 4 is 27.5 Å². The summed E-state index contributed by atoms with van der Waals surface area (Å²) in [7, 11) is -4.88. The van der Waals surface area contributed by atoms with Crippen molar-refractivity contribution in [1.82, 2.24) is 10.6 Å². The van der Waals surface area contributed by atoms with Crippen molar-refractivity contribution in [2.75, 3.05) is 31.0 Å². The van der Waals surface area contributed by atoms with Crippen molar-refractivity contribution in [1.29, 1.82) is 0 Å². The molecule has 2 aliphatic rings. The van der Waals surface area contributed by atoms with Gasteiger partial charge in [-0.05, 0) is 45.9 Å². The van der Waals surface area contributed by atoms with Gasteiger partial charge >= 0.3 is 0 Å². The third-order valence-electron chi connectivity index (χ3n) is 6.85. The highest BCUT2D eigenvalue weighted by Crippen LogP contribution is 2.27. The number of benzene rings is 2. The molecule has 0 radical (unpaired) electrons. The van der Waals surface area contributed by atoms with Gasteiger partial charge in [0.05, 0.1) is 30.3 Å². The van der Waals surface area contributed by atoms with Gasteiger partial charge in [0.25, 0.3) is 21.8 Å². The van der Waals surface area contributed by atoms with E-state index in [0.717, 1.165) is 18.2 Å². The molecule has 4 atom stereocenters. The van der Waals surface area contributed by atoms with E-state index in [1.807, 2.05) is 0 Å². The van der Waals surface area contributed by atoms with Crippen molar-refractivity contribution in [2.24, 2.45) is 0 Å². The molecule has 45 heavy (non-hydrogen) atoms. The summed E-state index contributed by atoms with van der Waals surface area (Å²) in [6.45, 7) is 5.96. The van der Waals surface area contributed by atoms with E-state index in [1.165, 1.54) is 0 Å². The van der Waals surface area contributed by atoms with Crippen molar-refractivity contribution < 1.29 is 60.3 Å². The molecule has 2 heterocycles. The van der Waals surface area contributed by atoms with E-state index in [4.69, 9.17) is 18.9 Å². The number of hydrogen-bond donors (Lipinski definition) is 5. The smallest absolute Gasteiger partial charge is 0.262 e. The molecule has 2 amide bonds. The number of anilines is 1. The van der Waals surface area contributed by atoms with Gasteiger partial charge in [-0.2, -0.15) is 0 Å². The van der Waals surface area contributed by atoms with Crippen LogP contribution in [-0.4, -0.2) is 92.7 Å². The van der Waals surface area contributed by atoms with E-state index in [2.05, 4.69) is 10.6 Å². The van der Waals surface area contributed by atoms with E-state index in [0.29, 0.717) is 0 Å². The second kappa shape index (κ2) is 13.2. The van der Waals surface area contributed by atoms with Crippen LogP contribution in [0.2, 0.25) is 0 Å². The fourth-order valence-corrected chi connectivity index (χ4v) is 5.67. The maximum atomic E-state index is 14.3. The molecule has 5 N–H and O–H groups in total. The molecule has 4 rings (SSSR count). The fraction of sp³-hybridized carbons (Fsp3) is 0.500. The van der Waals surface area contributed by atoms with Crippen molar-refractivity contribution in [3.63, 3.8) is 0 Å². The van der Waals surface area contributed by atoms with E-state index in [1.54, 1.807) is 32.4 Å². The van der Waals surface area contributed by atoms with Crippen LogP contribution < -0.4 is 15.4 Å². The Morgan fingerprint density at radius 1 is 0.822 bits per heavy atom. The first-order chi connectivity index (χ1) is 20.9. The number of amides is 2. The van der Waals surface area contributed by atoms with Crippen molar-refractivity contribution in [3.8, 4) is 0 Å². The van der Waals surface area contributed by atoms with Crippen LogP contribution in [0.3, 0.4) is 0 Å². The molecule has 4 unspecified atom stereocenters. The second-order valence-corrected chi connectivity index (χ2v) is 13.1. The molecular formula is C28H34F3N3O10S. The molecule has 2 saturated heterocycles. The number of aliphatic hydroxyl groups is 2. The summed E-state index contributed by atoms with van der Waals surface area (Å²) in [5.41, 5.74) is -1.95. The molecule has 0 spiro atoms. The van der Waals surface area contributed by atoms with E-state index in [9.17, 15) is 41.4 Å². The average Bonchev–Trinajstić information content (AvgIpc) is 3.52. The normalized spacial score (nSPS) is 22.1. The number of hydrogen-bond acceptors (Lipinski definition) is 10. The lowest BCUT2D eigenvalue weighted by atomic mass is 10.1. The summed E-state index contributed by atoms with van der Waals surface area (Å²) in [6.07, 6.45) is -3.98. The molecule has 17 heteroatoms. The van der Waals surface area contributed by atoms with Crippen LogP contribution in [0.1, 0.15) is 48.4 Å². The first kappa shape index (κ1) is 34.6. The van der Waals surface area contributed by atoms with Crippen LogP contribution in [0, 0.1) is 17.5 Å². The monoisotopic (exact) mass is 661 g/mol.